The van der Waals surface area contributed by atoms with Gasteiger partial charge in [0.05, 0.1) is 17.0 Å². The molecular formula is C10H6NO3Zn-. The van der Waals surface area contributed by atoms with Gasteiger partial charge in [-0.3, -0.25) is 9.59 Å². The number of benzene rings is 1. The third-order valence-corrected chi connectivity index (χ3v) is 2.04. The van der Waals surface area contributed by atoms with E-state index in [9.17, 15) is 14.4 Å². The molecular weight excluding hydrogens is 248 g/mol. The van der Waals surface area contributed by atoms with Crippen molar-refractivity contribution in [3.63, 3.8) is 0 Å². The topological polar surface area (TPSA) is 54.5 Å². The number of imide groups is 3. The molecule has 72 valence electrons. The number of hydrogen-bond donors (Lipinski definition) is 0. The number of fused-ring (bicyclic) bond motifs is 1. The number of carbonyl (C=O) groups is 3. The van der Waals surface area contributed by atoms with Crippen molar-refractivity contribution in [2.75, 3.05) is 0 Å². The maximum absolute atomic E-state index is 11.5. The molecule has 1 aliphatic rings. The van der Waals surface area contributed by atoms with Gasteiger partial charge in [0.15, 0.2) is 0 Å². The van der Waals surface area contributed by atoms with Gasteiger partial charge >= 0.3 is 0 Å². The van der Waals surface area contributed by atoms with Crippen molar-refractivity contribution in [3.05, 3.63) is 42.3 Å². The second-order valence-corrected chi connectivity index (χ2v) is 2.89. The van der Waals surface area contributed by atoms with Gasteiger partial charge in [-0.05, 0) is 12.1 Å². The van der Waals surface area contributed by atoms with E-state index in [0.717, 1.165) is 0 Å². The van der Waals surface area contributed by atoms with E-state index >= 15 is 0 Å². The average Bonchev–Trinajstić information content (AvgIpc) is 2.41. The molecule has 0 fully saturated rings. The van der Waals surface area contributed by atoms with Gasteiger partial charge < -0.3 is 11.7 Å². The summed E-state index contributed by atoms with van der Waals surface area (Å²) in [6.07, 6.45) is 0. The fourth-order valence-electron chi connectivity index (χ4n) is 1.42. The Morgan fingerprint density at radius 2 is 1.47 bits per heavy atom. The van der Waals surface area contributed by atoms with Crippen LogP contribution in [0.5, 0.6) is 0 Å². The van der Waals surface area contributed by atoms with Crippen molar-refractivity contribution >= 4 is 17.7 Å². The zero-order valence-electron chi connectivity index (χ0n) is 7.90. The molecule has 1 aromatic rings. The number of nitrogens with zero attached hydrogens (tertiary/aromatic N) is 1. The fourth-order valence-corrected chi connectivity index (χ4v) is 1.42. The fraction of sp³-hybridized carbons (Fsp3) is 0. The van der Waals surface area contributed by atoms with E-state index in [0.29, 0.717) is 4.90 Å². The van der Waals surface area contributed by atoms with Gasteiger partial charge in [-0.1, -0.05) is 12.1 Å². The van der Waals surface area contributed by atoms with Gasteiger partial charge in [0.25, 0.3) is 11.8 Å². The first-order valence-electron chi connectivity index (χ1n) is 3.96. The third kappa shape index (κ3) is 1.59. The SMILES string of the molecule is [CH2-]C(=O)N1C(=O)c2ccccc2C1=O.[Zn]. The minimum absolute atomic E-state index is 0. The molecule has 0 spiro atoms. The Hall–Kier alpha value is -1.48. The Kier molecular flexibility index (Phi) is 3.05. The molecule has 4 nitrogen and oxygen atoms in total. The molecule has 0 radical (unpaired) electrons. The van der Waals surface area contributed by atoms with Crippen LogP contribution in [0.15, 0.2) is 24.3 Å². The van der Waals surface area contributed by atoms with Gasteiger partial charge in [-0.25, -0.2) is 4.90 Å². The van der Waals surface area contributed by atoms with Crippen molar-refractivity contribution in [1.29, 1.82) is 0 Å². The summed E-state index contributed by atoms with van der Waals surface area (Å²) >= 11 is 0. The van der Waals surface area contributed by atoms with Gasteiger partial charge in [0, 0.05) is 19.5 Å². The van der Waals surface area contributed by atoms with Gasteiger partial charge in [-0.15, -0.1) is 0 Å². The summed E-state index contributed by atoms with van der Waals surface area (Å²) in [5.74, 6) is -1.98. The Morgan fingerprint density at radius 1 is 1.07 bits per heavy atom. The molecule has 0 atom stereocenters. The molecule has 5 heteroatoms. The zero-order chi connectivity index (χ0) is 10.3. The maximum Gasteiger partial charge on any atom is 0.266 e. The van der Waals surface area contributed by atoms with Crippen LogP contribution < -0.4 is 0 Å². The molecule has 1 aliphatic heterocycles. The summed E-state index contributed by atoms with van der Waals surface area (Å²) in [5.41, 5.74) is 0.518. The predicted molar refractivity (Wildman–Crippen MR) is 47.3 cm³/mol. The molecule has 2 rings (SSSR count). The first-order valence-corrected chi connectivity index (χ1v) is 3.96. The van der Waals surface area contributed by atoms with Crippen molar-refractivity contribution in [1.82, 2.24) is 4.90 Å². The second-order valence-electron chi connectivity index (χ2n) is 2.89. The van der Waals surface area contributed by atoms with Crippen molar-refractivity contribution in [2.45, 2.75) is 0 Å². The van der Waals surface area contributed by atoms with E-state index in [1.807, 2.05) is 0 Å². The molecule has 3 amide bonds. The Morgan fingerprint density at radius 3 is 1.80 bits per heavy atom. The van der Waals surface area contributed by atoms with E-state index in [1.165, 1.54) is 12.1 Å². The summed E-state index contributed by atoms with van der Waals surface area (Å²) in [4.78, 5) is 34.4. The van der Waals surface area contributed by atoms with Crippen molar-refractivity contribution in [2.24, 2.45) is 0 Å². The van der Waals surface area contributed by atoms with Gasteiger partial charge in [-0.2, -0.15) is 0 Å². The van der Waals surface area contributed by atoms with Gasteiger partial charge in [0.1, 0.15) is 0 Å². The summed E-state index contributed by atoms with van der Waals surface area (Å²) in [6, 6.07) is 6.30. The zero-order valence-corrected chi connectivity index (χ0v) is 10.9. The normalized spacial score (nSPS) is 13.5. The molecule has 1 aromatic carbocycles. The smallest absolute Gasteiger partial charge is 0.266 e. The summed E-state index contributed by atoms with van der Waals surface area (Å²) < 4.78 is 0. The van der Waals surface area contributed by atoms with E-state index in [1.54, 1.807) is 12.1 Å². The maximum atomic E-state index is 11.5. The van der Waals surface area contributed by atoms with E-state index in [2.05, 4.69) is 6.92 Å². The van der Waals surface area contributed by atoms with Gasteiger partial charge in [0.2, 0.25) is 0 Å². The number of carbonyl (C=O) groups excluding carboxylic acids is 3. The minimum Gasteiger partial charge on any atom is -0.317 e. The summed E-state index contributed by atoms with van der Waals surface area (Å²) in [6.45, 7) is 3.05. The van der Waals surface area contributed by atoms with Crippen molar-refractivity contribution < 1.29 is 33.9 Å². The standard InChI is InChI=1S/C10H6NO3.Zn/c1-6(12)11-9(13)7-4-2-3-5-8(7)10(11)14;/h2-5H,1H2;/q-1;. The van der Waals surface area contributed by atoms with E-state index < -0.39 is 17.7 Å². The monoisotopic (exact) mass is 252 g/mol. The Bertz CT molecular complexity index is 421. The van der Waals surface area contributed by atoms with Crippen LogP contribution in [0.3, 0.4) is 0 Å². The van der Waals surface area contributed by atoms with Crippen LogP contribution in [-0.4, -0.2) is 22.6 Å². The molecule has 0 aliphatic carbocycles. The first-order chi connectivity index (χ1) is 6.63. The number of rotatable bonds is 0. The first kappa shape index (κ1) is 11.6. The quantitative estimate of drug-likeness (QED) is 0.387. The second kappa shape index (κ2) is 3.95. The minimum atomic E-state index is -0.795. The molecule has 15 heavy (non-hydrogen) atoms. The summed E-state index contributed by atoms with van der Waals surface area (Å²) in [7, 11) is 0. The van der Waals surface area contributed by atoms with Crippen LogP contribution in [0.2, 0.25) is 0 Å². The predicted octanol–water partition coefficient (Wildman–Crippen LogP) is 0.641. The largest absolute Gasteiger partial charge is 0.317 e. The van der Waals surface area contributed by atoms with Crippen LogP contribution in [0.1, 0.15) is 20.7 Å². The Labute approximate surface area is 99.0 Å². The van der Waals surface area contributed by atoms with Crippen LogP contribution in [-0.2, 0) is 24.3 Å². The molecule has 0 N–H and O–H groups in total. The van der Waals surface area contributed by atoms with Crippen LogP contribution in [0.25, 0.3) is 0 Å². The van der Waals surface area contributed by atoms with Crippen molar-refractivity contribution in [3.8, 4) is 0 Å². The Balaban J connectivity index is 0.00000112. The molecule has 0 saturated heterocycles. The average molecular weight is 254 g/mol. The van der Waals surface area contributed by atoms with Crippen LogP contribution >= 0.6 is 0 Å². The molecule has 0 aromatic heterocycles. The third-order valence-electron chi connectivity index (χ3n) is 2.04. The number of amides is 3. The number of hydrogen-bond acceptors (Lipinski definition) is 3. The molecule has 0 unspecified atom stereocenters. The summed E-state index contributed by atoms with van der Waals surface area (Å²) in [5, 5.41) is 0. The van der Waals surface area contributed by atoms with Crippen LogP contribution in [0, 0.1) is 6.92 Å². The van der Waals surface area contributed by atoms with Crippen LogP contribution in [0.4, 0.5) is 0 Å². The van der Waals surface area contributed by atoms with E-state index in [-0.39, 0.29) is 30.6 Å². The molecule has 1 heterocycles. The molecule has 0 bridgehead atoms. The van der Waals surface area contributed by atoms with E-state index in [4.69, 9.17) is 0 Å². The molecule has 0 saturated carbocycles.